The summed E-state index contributed by atoms with van der Waals surface area (Å²) in [5.41, 5.74) is 6.19. The second-order valence-electron chi connectivity index (χ2n) is 7.36. The Morgan fingerprint density at radius 1 is 1.48 bits per heavy atom. The summed E-state index contributed by atoms with van der Waals surface area (Å²) < 4.78 is 22.7. The Hall–Kier alpha value is -3.14. The number of carbonyl (C=O) groups is 1. The summed E-state index contributed by atoms with van der Waals surface area (Å²) in [6.07, 6.45) is 1.82. The normalized spacial score (nSPS) is 22.6. The summed E-state index contributed by atoms with van der Waals surface area (Å²) in [4.78, 5) is 30.7. The summed E-state index contributed by atoms with van der Waals surface area (Å²) in [5.74, 6) is -1.83. The van der Waals surface area contributed by atoms with Gasteiger partial charge in [-0.1, -0.05) is 5.16 Å². The molecule has 0 aliphatic carbocycles. The molecule has 154 valence electrons. The third kappa shape index (κ3) is 3.09. The van der Waals surface area contributed by atoms with E-state index < -0.39 is 22.8 Å². The molecule has 29 heavy (non-hydrogen) atoms. The van der Waals surface area contributed by atoms with E-state index in [0.29, 0.717) is 30.7 Å². The molecule has 10 heteroatoms. The van der Waals surface area contributed by atoms with Crippen LogP contribution in [0.5, 0.6) is 5.75 Å². The number of hydrogen-bond donors (Lipinski definition) is 2. The van der Waals surface area contributed by atoms with E-state index >= 15 is 4.39 Å². The van der Waals surface area contributed by atoms with Crippen LogP contribution in [0.1, 0.15) is 29.7 Å². The van der Waals surface area contributed by atoms with E-state index in [9.17, 15) is 14.7 Å². The fraction of sp³-hybridized carbons (Fsp3) is 0.421. The molecule has 2 aliphatic heterocycles. The van der Waals surface area contributed by atoms with Gasteiger partial charge in [-0.2, -0.15) is 0 Å². The summed E-state index contributed by atoms with van der Waals surface area (Å²) >= 11 is 0. The summed E-state index contributed by atoms with van der Waals surface area (Å²) in [5, 5.41) is 13.3. The largest absolute Gasteiger partial charge is 0.487 e. The van der Waals surface area contributed by atoms with Crippen LogP contribution >= 0.6 is 0 Å². The molecular formula is C19H21FN4O5. The van der Waals surface area contributed by atoms with E-state index in [1.54, 1.807) is 9.47 Å². The van der Waals surface area contributed by atoms with Crippen LogP contribution < -0.4 is 20.8 Å². The molecular weight excluding hydrogens is 383 g/mol. The van der Waals surface area contributed by atoms with E-state index in [0.717, 1.165) is 6.07 Å². The first-order chi connectivity index (χ1) is 13.8. The van der Waals surface area contributed by atoms with E-state index in [-0.39, 0.29) is 35.5 Å². The number of hydrogen-bond acceptors (Lipinski definition) is 7. The molecule has 0 saturated carbocycles. The molecule has 2 aliphatic rings. The van der Waals surface area contributed by atoms with Gasteiger partial charge < -0.3 is 29.9 Å². The van der Waals surface area contributed by atoms with Gasteiger partial charge in [0.25, 0.3) is 0 Å². The monoisotopic (exact) mass is 404 g/mol. The quantitative estimate of drug-likeness (QED) is 0.741. The number of piperidine rings is 1. The number of benzene rings is 1. The molecule has 2 atom stereocenters. The topological polar surface area (TPSA) is 119 Å². The van der Waals surface area contributed by atoms with Crippen LogP contribution in [0, 0.1) is 5.82 Å². The molecule has 3 N–H and O–H groups in total. The van der Waals surface area contributed by atoms with Crippen molar-refractivity contribution in [3.05, 3.63) is 33.9 Å². The first-order valence-corrected chi connectivity index (χ1v) is 9.18. The number of rotatable bonds is 3. The Bertz CT molecular complexity index is 1100. The maximum atomic E-state index is 15.2. The van der Waals surface area contributed by atoms with Crippen molar-refractivity contribution < 1.29 is 23.9 Å². The number of aromatic nitrogens is 1. The number of ether oxygens (including phenoxy) is 1. The van der Waals surface area contributed by atoms with Crippen molar-refractivity contribution in [3.63, 3.8) is 0 Å². The summed E-state index contributed by atoms with van der Waals surface area (Å²) in [7, 11) is 1.43. The second-order valence-corrected chi connectivity index (χ2v) is 7.36. The molecule has 9 nitrogen and oxygen atoms in total. The average molecular weight is 404 g/mol. The fourth-order valence-corrected chi connectivity index (χ4v) is 4.02. The molecule has 1 saturated heterocycles. The van der Waals surface area contributed by atoms with Gasteiger partial charge in [-0.05, 0) is 13.0 Å². The van der Waals surface area contributed by atoms with E-state index in [1.165, 1.54) is 13.3 Å². The van der Waals surface area contributed by atoms with Gasteiger partial charge in [0.05, 0.1) is 29.2 Å². The smallest absolute Gasteiger partial charge is 0.341 e. The van der Waals surface area contributed by atoms with Crippen molar-refractivity contribution in [2.45, 2.75) is 25.4 Å². The Morgan fingerprint density at radius 3 is 2.93 bits per heavy atom. The van der Waals surface area contributed by atoms with Crippen LogP contribution in [0.25, 0.3) is 10.9 Å². The highest BCUT2D eigenvalue weighted by molar-refractivity contribution is 5.98. The van der Waals surface area contributed by atoms with Gasteiger partial charge in [0.15, 0.2) is 11.6 Å². The van der Waals surface area contributed by atoms with Gasteiger partial charge in [0.1, 0.15) is 25.0 Å². The number of carboxylic acids is 1. The third-order valence-corrected chi connectivity index (χ3v) is 5.24. The number of pyridine rings is 1. The highest BCUT2D eigenvalue weighted by Crippen LogP contribution is 2.42. The number of nitrogens with two attached hydrogens (primary N) is 1. The number of nitrogens with zero attached hydrogens (tertiary/aromatic N) is 3. The highest BCUT2D eigenvalue weighted by atomic mass is 19.1. The maximum Gasteiger partial charge on any atom is 0.341 e. The van der Waals surface area contributed by atoms with Crippen molar-refractivity contribution in [3.8, 4) is 5.75 Å². The van der Waals surface area contributed by atoms with Crippen molar-refractivity contribution in [1.82, 2.24) is 4.57 Å². The molecule has 0 radical (unpaired) electrons. The summed E-state index contributed by atoms with van der Waals surface area (Å²) in [6, 6.07) is 0.573. The van der Waals surface area contributed by atoms with Crippen molar-refractivity contribution >= 4 is 28.3 Å². The standard InChI is InChI=1S/C19H21FN4O5/c1-9-8-29-18-15-12(17(25)13(19(26)27)7-24(9)15)4-14(20)16(18)23-5-10(21)3-11(6-23)22-28-2/h4,7,9-10H,3,5-6,8,21H2,1-2H3,(H,26,27)/b22-11+/t9-,10?/m0/s1. The van der Waals surface area contributed by atoms with E-state index in [4.69, 9.17) is 15.3 Å². The third-order valence-electron chi connectivity index (χ3n) is 5.24. The number of aromatic carboxylic acids is 1. The van der Waals surface area contributed by atoms with Crippen LogP contribution in [0.2, 0.25) is 0 Å². The van der Waals surface area contributed by atoms with Crippen molar-refractivity contribution in [2.24, 2.45) is 10.9 Å². The Morgan fingerprint density at radius 2 is 2.24 bits per heavy atom. The predicted octanol–water partition coefficient (Wildman–Crippen LogP) is 1.33. The first kappa shape index (κ1) is 19.2. The van der Waals surface area contributed by atoms with Crippen LogP contribution in [0.4, 0.5) is 10.1 Å². The van der Waals surface area contributed by atoms with Crippen LogP contribution in [0.15, 0.2) is 22.2 Å². The molecule has 1 unspecified atom stereocenters. The van der Waals surface area contributed by atoms with Gasteiger partial charge in [0, 0.05) is 25.2 Å². The Kier molecular flexibility index (Phi) is 4.65. The lowest BCUT2D eigenvalue weighted by Crippen LogP contribution is -2.48. The molecule has 1 fully saturated rings. The lowest BCUT2D eigenvalue weighted by atomic mass is 10.0. The molecule has 4 rings (SSSR count). The minimum atomic E-state index is -1.35. The summed E-state index contributed by atoms with van der Waals surface area (Å²) in [6.45, 7) is 2.71. The minimum Gasteiger partial charge on any atom is -0.487 e. The number of oxime groups is 1. The first-order valence-electron chi connectivity index (χ1n) is 9.18. The number of anilines is 1. The van der Waals surface area contributed by atoms with Gasteiger partial charge in [0.2, 0.25) is 5.43 Å². The zero-order valence-corrected chi connectivity index (χ0v) is 16.0. The average Bonchev–Trinajstić information content (AvgIpc) is 2.65. The minimum absolute atomic E-state index is 0.0280. The van der Waals surface area contributed by atoms with E-state index in [1.807, 2.05) is 6.92 Å². The SMILES string of the molecule is CO/N=C1\CC(N)CN(c2c(F)cc3c(=O)c(C(=O)O)cn4c3c2OC[C@@H]4C)C1. The Balaban J connectivity index is 1.97. The fourth-order valence-electron chi connectivity index (χ4n) is 4.02. The van der Waals surface area contributed by atoms with Gasteiger partial charge in [-0.3, -0.25) is 4.79 Å². The second kappa shape index (κ2) is 7.03. The maximum absolute atomic E-state index is 15.2. The molecule has 0 spiro atoms. The Labute approximate surface area is 165 Å². The van der Waals surface area contributed by atoms with Crippen LogP contribution in [0.3, 0.4) is 0 Å². The van der Waals surface area contributed by atoms with Gasteiger partial charge in [-0.15, -0.1) is 0 Å². The van der Waals surface area contributed by atoms with E-state index in [2.05, 4.69) is 5.16 Å². The van der Waals surface area contributed by atoms with Crippen LogP contribution in [-0.4, -0.2) is 54.2 Å². The van der Waals surface area contributed by atoms with Gasteiger partial charge in [-0.25, -0.2) is 9.18 Å². The number of carboxylic acid groups (broad SMARTS) is 1. The zero-order valence-electron chi connectivity index (χ0n) is 16.0. The van der Waals surface area contributed by atoms with Crippen molar-refractivity contribution in [2.75, 3.05) is 31.7 Å². The number of halogens is 1. The zero-order chi connectivity index (χ0) is 20.9. The molecule has 2 aromatic rings. The molecule has 3 heterocycles. The lowest BCUT2D eigenvalue weighted by molar-refractivity contribution is 0.0694. The molecule has 1 aromatic carbocycles. The van der Waals surface area contributed by atoms with Crippen molar-refractivity contribution in [1.29, 1.82) is 0 Å². The van der Waals surface area contributed by atoms with Gasteiger partial charge >= 0.3 is 5.97 Å². The molecule has 1 aromatic heterocycles. The van der Waals surface area contributed by atoms with Crippen LogP contribution in [-0.2, 0) is 4.84 Å². The highest BCUT2D eigenvalue weighted by Gasteiger charge is 2.32. The molecule has 0 amide bonds. The molecule has 0 bridgehead atoms. The lowest BCUT2D eigenvalue weighted by Gasteiger charge is -2.36. The predicted molar refractivity (Wildman–Crippen MR) is 105 cm³/mol.